The van der Waals surface area contributed by atoms with Crippen molar-refractivity contribution in [3.8, 4) is 0 Å². The number of hydrogen-bond donors (Lipinski definition) is 2. The van der Waals surface area contributed by atoms with Crippen molar-refractivity contribution in [3.05, 3.63) is 106 Å². The van der Waals surface area contributed by atoms with Crippen LogP contribution in [0, 0.1) is 0 Å². The maximum absolute atomic E-state index is 13.6. The fourth-order valence-corrected chi connectivity index (χ4v) is 7.04. The Kier molecular flexibility index (Phi) is 8.39. The van der Waals surface area contributed by atoms with E-state index in [0.717, 1.165) is 9.87 Å². The van der Waals surface area contributed by atoms with Gasteiger partial charge in [-0.05, 0) is 41.3 Å². The Labute approximate surface area is 227 Å². The highest BCUT2D eigenvalue weighted by molar-refractivity contribution is 7.87. The largest absolute Gasteiger partial charge is 0.345 e. The molecule has 37 heavy (non-hydrogen) atoms. The van der Waals surface area contributed by atoms with Gasteiger partial charge < -0.3 is 14.7 Å². The Hall–Kier alpha value is -2.71. The summed E-state index contributed by atoms with van der Waals surface area (Å²) in [6, 6.07) is 24.0. The molecule has 0 heterocycles. The highest BCUT2D eigenvalue weighted by Gasteiger charge is 2.28. The zero-order chi connectivity index (χ0) is 26.7. The quantitative estimate of drug-likeness (QED) is 0.247. The predicted octanol–water partition coefficient (Wildman–Crippen LogP) is 6.08. The molecule has 0 aliphatic carbocycles. The van der Waals surface area contributed by atoms with Gasteiger partial charge in [0, 0.05) is 34.6 Å². The molecule has 2 N–H and O–H groups in total. The van der Waals surface area contributed by atoms with Gasteiger partial charge in [-0.1, -0.05) is 77.8 Å². The third kappa shape index (κ3) is 6.60. The molecule has 0 spiro atoms. The molecule has 0 bridgehead atoms. The molecule has 0 aromatic heterocycles. The number of amides is 1. The lowest BCUT2D eigenvalue weighted by atomic mass is 10.0. The first-order valence-electron chi connectivity index (χ1n) is 11.0. The van der Waals surface area contributed by atoms with E-state index in [0.29, 0.717) is 22.9 Å². The molecule has 0 saturated heterocycles. The molecular weight excluding hydrogens is 554 g/mol. The second kappa shape index (κ2) is 11.4. The van der Waals surface area contributed by atoms with Gasteiger partial charge in [0.25, 0.3) is 5.91 Å². The van der Waals surface area contributed by atoms with E-state index >= 15 is 0 Å². The molecule has 1 unspecified atom stereocenters. The van der Waals surface area contributed by atoms with Crippen molar-refractivity contribution >= 4 is 64.2 Å². The summed E-state index contributed by atoms with van der Waals surface area (Å²) in [4.78, 5) is 34.8. The minimum atomic E-state index is -4.66. The summed E-state index contributed by atoms with van der Waals surface area (Å²) in [7, 11) is -5.02. The van der Waals surface area contributed by atoms with Crippen molar-refractivity contribution in [1.29, 1.82) is 0 Å². The Morgan fingerprint density at radius 3 is 2.16 bits per heavy atom. The molecule has 4 aromatic rings. The minimum Gasteiger partial charge on any atom is -0.337 e. The first-order chi connectivity index (χ1) is 17.5. The van der Waals surface area contributed by atoms with Gasteiger partial charge in [-0.25, -0.2) is 4.21 Å². The number of benzene rings is 4. The molecule has 11 heteroatoms. The van der Waals surface area contributed by atoms with Crippen LogP contribution in [0.3, 0.4) is 0 Å². The molecule has 192 valence electrons. The van der Waals surface area contributed by atoms with Crippen LogP contribution >= 0.6 is 30.8 Å². The van der Waals surface area contributed by atoms with Gasteiger partial charge >= 0.3 is 7.60 Å². The smallest absolute Gasteiger partial charge is 0.337 e. The number of nitrogens with zero attached hydrogens (tertiary/aromatic N) is 2. The van der Waals surface area contributed by atoms with Crippen LogP contribution in [0.5, 0.6) is 0 Å². The van der Waals surface area contributed by atoms with Crippen molar-refractivity contribution in [2.24, 2.45) is 0 Å². The fraction of sp³-hybridized carbons (Fsp3) is 0.115. The average molecular weight is 577 g/mol. The molecule has 4 rings (SSSR count). The topological polar surface area (TPSA) is 98.2 Å². The molecule has 1 atom stereocenters. The molecule has 1 amide bonds. The lowest BCUT2D eigenvalue weighted by Gasteiger charge is -2.26. The summed E-state index contributed by atoms with van der Waals surface area (Å²) >= 11 is 12.2. The van der Waals surface area contributed by atoms with Crippen LogP contribution in [0.2, 0.25) is 10.0 Å². The van der Waals surface area contributed by atoms with Crippen molar-refractivity contribution in [1.82, 2.24) is 4.90 Å². The number of hydrogen-bond acceptors (Lipinski definition) is 3. The number of carbonyl (C=O) groups is 1. The number of fused-ring (bicyclic) bond motifs is 1. The Balaban J connectivity index is 1.78. The van der Waals surface area contributed by atoms with Crippen LogP contribution in [0.25, 0.3) is 10.8 Å². The summed E-state index contributed by atoms with van der Waals surface area (Å²) in [5.41, 5.74) is 1.67. The highest BCUT2D eigenvalue weighted by Crippen LogP contribution is 2.41. The lowest BCUT2D eigenvalue weighted by molar-refractivity contribution is 0.0787. The Morgan fingerprint density at radius 1 is 0.892 bits per heavy atom. The van der Waals surface area contributed by atoms with E-state index in [9.17, 15) is 23.4 Å². The lowest BCUT2D eigenvalue weighted by Crippen LogP contribution is -2.28. The zero-order valence-electron chi connectivity index (χ0n) is 19.6. The first-order valence-corrected chi connectivity index (χ1v) is 14.7. The molecular formula is C26H23Cl2N2O5PS. The summed E-state index contributed by atoms with van der Waals surface area (Å²) < 4.78 is 26.8. The van der Waals surface area contributed by atoms with E-state index in [4.69, 9.17) is 23.2 Å². The van der Waals surface area contributed by atoms with E-state index in [1.807, 2.05) is 30.3 Å². The van der Waals surface area contributed by atoms with E-state index < -0.39 is 24.9 Å². The van der Waals surface area contributed by atoms with Crippen LogP contribution in [-0.4, -0.2) is 38.1 Å². The second-order valence-electron chi connectivity index (χ2n) is 8.36. The van der Waals surface area contributed by atoms with Gasteiger partial charge in [0.05, 0.1) is 10.6 Å². The van der Waals surface area contributed by atoms with Gasteiger partial charge in [-0.3, -0.25) is 13.7 Å². The third-order valence-corrected chi connectivity index (χ3v) is 8.20. The second-order valence-corrected chi connectivity index (χ2v) is 12.3. The summed E-state index contributed by atoms with van der Waals surface area (Å²) in [5, 5.41) is 1.54. The van der Waals surface area contributed by atoms with Crippen molar-refractivity contribution in [3.63, 3.8) is 0 Å². The van der Waals surface area contributed by atoms with Gasteiger partial charge in [0.2, 0.25) is 0 Å². The van der Waals surface area contributed by atoms with E-state index in [1.54, 1.807) is 48.3 Å². The number of rotatable bonds is 8. The summed E-state index contributed by atoms with van der Waals surface area (Å²) in [5.74, 6) is -0.226. The Morgan fingerprint density at radius 2 is 1.51 bits per heavy atom. The van der Waals surface area contributed by atoms with Crippen LogP contribution in [0.15, 0.2) is 89.8 Å². The first kappa shape index (κ1) is 27.3. The molecule has 0 radical (unpaired) electrons. The minimum absolute atomic E-state index is 0.178. The summed E-state index contributed by atoms with van der Waals surface area (Å²) in [6.45, 7) is 0.402. The number of halogens is 2. The SMILES string of the molecule is CN(Cc1ccccc1)C(=O)c1cccc2c(N(CP(=O)(O)O)S(=O)c3cc(Cl)cc(Cl)c3)cccc12. The van der Waals surface area contributed by atoms with E-state index in [2.05, 4.69) is 0 Å². The third-order valence-electron chi connectivity index (χ3n) is 5.56. The van der Waals surface area contributed by atoms with E-state index in [1.165, 1.54) is 18.2 Å². The summed E-state index contributed by atoms with van der Waals surface area (Å²) in [6.07, 6.45) is -0.824. The van der Waals surface area contributed by atoms with Crippen LogP contribution in [-0.2, 0) is 22.1 Å². The van der Waals surface area contributed by atoms with Crippen molar-refractivity contribution in [2.45, 2.75) is 11.4 Å². The molecule has 0 aliphatic rings. The standard InChI is InChI=1S/C26H23Cl2N2O5PS/c1-29(16-18-7-3-2-4-8-18)26(31)24-11-5-10-23-22(24)9-6-12-25(23)30(17-36(32,33)34)37(35)21-14-19(27)13-20(28)15-21/h2-15H,16-17H2,1H3,(H2,32,33,34). The molecule has 0 fully saturated rings. The van der Waals surface area contributed by atoms with E-state index in [-0.39, 0.29) is 26.5 Å². The molecule has 4 aromatic carbocycles. The van der Waals surface area contributed by atoms with Crippen LogP contribution < -0.4 is 4.31 Å². The zero-order valence-corrected chi connectivity index (χ0v) is 22.8. The Bertz CT molecular complexity index is 1510. The maximum Gasteiger partial charge on any atom is 0.345 e. The predicted molar refractivity (Wildman–Crippen MR) is 148 cm³/mol. The van der Waals surface area contributed by atoms with Gasteiger partial charge in [0.1, 0.15) is 6.29 Å². The maximum atomic E-state index is 13.6. The van der Waals surface area contributed by atoms with Crippen LogP contribution in [0.1, 0.15) is 15.9 Å². The van der Waals surface area contributed by atoms with Gasteiger partial charge in [-0.15, -0.1) is 0 Å². The molecule has 0 aliphatic heterocycles. The van der Waals surface area contributed by atoms with Crippen molar-refractivity contribution in [2.75, 3.05) is 17.6 Å². The highest BCUT2D eigenvalue weighted by atomic mass is 35.5. The number of carbonyl (C=O) groups excluding carboxylic acids is 1. The van der Waals surface area contributed by atoms with Gasteiger partial charge in [-0.2, -0.15) is 0 Å². The van der Waals surface area contributed by atoms with Crippen molar-refractivity contribution < 1.29 is 23.4 Å². The van der Waals surface area contributed by atoms with Crippen LogP contribution in [0.4, 0.5) is 5.69 Å². The molecule has 7 nitrogen and oxygen atoms in total. The molecule has 0 saturated carbocycles. The monoisotopic (exact) mass is 576 g/mol. The normalized spacial score (nSPS) is 12.4. The number of anilines is 1. The van der Waals surface area contributed by atoms with Gasteiger partial charge in [0.15, 0.2) is 11.0 Å². The average Bonchev–Trinajstić information content (AvgIpc) is 2.85. The fourth-order valence-electron chi connectivity index (χ4n) is 3.97.